The number of phenols is 1. The number of aliphatic carboxylic acids is 1. The molecule has 1 aromatic carbocycles. The van der Waals surface area contributed by atoms with Crippen LogP contribution in [0.2, 0.25) is 0 Å². The van der Waals surface area contributed by atoms with E-state index in [0.717, 1.165) is 0 Å². The van der Waals surface area contributed by atoms with Gasteiger partial charge in [0, 0.05) is 18.2 Å². The number of nitrogens with zero attached hydrogens (tertiary/aromatic N) is 1. The molecule has 2 rings (SSSR count). The van der Waals surface area contributed by atoms with Crippen molar-refractivity contribution in [1.82, 2.24) is 4.90 Å². The van der Waals surface area contributed by atoms with Crippen molar-refractivity contribution in [2.75, 3.05) is 5.75 Å². The van der Waals surface area contributed by atoms with Crippen LogP contribution in [0.25, 0.3) is 0 Å². The van der Waals surface area contributed by atoms with Gasteiger partial charge in [0.2, 0.25) is 5.91 Å². The summed E-state index contributed by atoms with van der Waals surface area (Å²) in [6.45, 7) is 1.34. The molecule has 0 aliphatic carbocycles. The first kappa shape index (κ1) is 12.8. The fourth-order valence-electron chi connectivity index (χ4n) is 2.02. The van der Waals surface area contributed by atoms with Gasteiger partial charge in [0.25, 0.3) is 0 Å². The Morgan fingerprint density at radius 2 is 2.06 bits per heavy atom. The molecule has 1 heterocycles. The van der Waals surface area contributed by atoms with Gasteiger partial charge in [0.1, 0.15) is 17.2 Å². The lowest BCUT2D eigenvalue weighted by Gasteiger charge is -2.26. The van der Waals surface area contributed by atoms with E-state index in [-0.39, 0.29) is 11.7 Å². The van der Waals surface area contributed by atoms with Crippen LogP contribution in [0.4, 0.5) is 0 Å². The maximum atomic E-state index is 11.6. The number of hydrogen-bond donors (Lipinski definition) is 2. The van der Waals surface area contributed by atoms with Crippen LogP contribution in [0.15, 0.2) is 24.3 Å². The summed E-state index contributed by atoms with van der Waals surface area (Å²) in [5, 5.41) is 18.5. The lowest BCUT2D eigenvalue weighted by molar-refractivity contribution is -0.148. The lowest BCUT2D eigenvalue weighted by Crippen LogP contribution is -2.41. The number of carbonyl (C=O) groups excluding carboxylic acids is 1. The number of phenolic OH excluding ortho intramolecular Hbond substituents is 1. The fraction of sp³-hybridized carbons (Fsp3) is 0.333. The molecule has 0 radical (unpaired) electrons. The van der Waals surface area contributed by atoms with Crippen molar-refractivity contribution in [3.8, 4) is 5.75 Å². The van der Waals surface area contributed by atoms with Gasteiger partial charge in [-0.2, -0.15) is 0 Å². The van der Waals surface area contributed by atoms with Gasteiger partial charge in [-0.25, -0.2) is 4.79 Å². The minimum Gasteiger partial charge on any atom is -0.508 e. The molecule has 0 unspecified atom stereocenters. The van der Waals surface area contributed by atoms with E-state index in [1.165, 1.54) is 29.7 Å². The number of carboxylic acid groups (broad SMARTS) is 1. The van der Waals surface area contributed by atoms with Gasteiger partial charge in [0.05, 0.1) is 0 Å². The summed E-state index contributed by atoms with van der Waals surface area (Å²) in [6.07, 6.45) is 0. The summed E-state index contributed by atoms with van der Waals surface area (Å²) in [6, 6.07) is 5.83. The third-order valence-corrected chi connectivity index (χ3v) is 4.16. The van der Waals surface area contributed by atoms with Crippen molar-refractivity contribution in [3.63, 3.8) is 0 Å². The molecule has 1 aliphatic heterocycles. The van der Waals surface area contributed by atoms with Crippen molar-refractivity contribution in [2.24, 2.45) is 0 Å². The largest absolute Gasteiger partial charge is 0.508 e. The number of carbonyl (C=O) groups is 2. The molecule has 1 aliphatic rings. The Bertz CT molecular complexity index is 491. The topological polar surface area (TPSA) is 77.8 Å². The predicted molar refractivity (Wildman–Crippen MR) is 67.2 cm³/mol. The van der Waals surface area contributed by atoms with E-state index in [1.54, 1.807) is 18.2 Å². The van der Waals surface area contributed by atoms with Gasteiger partial charge in [-0.05, 0) is 6.07 Å². The summed E-state index contributed by atoms with van der Waals surface area (Å²) in [5.41, 5.74) is 0.571. The first-order valence-corrected chi connectivity index (χ1v) is 6.48. The van der Waals surface area contributed by atoms with Gasteiger partial charge < -0.3 is 15.1 Å². The molecule has 1 saturated heterocycles. The average Bonchev–Trinajstić information content (AvgIpc) is 2.74. The molecule has 1 fully saturated rings. The van der Waals surface area contributed by atoms with Gasteiger partial charge in [-0.15, -0.1) is 11.8 Å². The Kier molecular flexibility index (Phi) is 3.47. The zero-order valence-corrected chi connectivity index (χ0v) is 10.6. The van der Waals surface area contributed by atoms with Crippen LogP contribution in [0.3, 0.4) is 0 Å². The number of aromatic hydroxyl groups is 1. The van der Waals surface area contributed by atoms with Crippen LogP contribution >= 0.6 is 11.8 Å². The van der Waals surface area contributed by atoms with Gasteiger partial charge in [0.15, 0.2) is 0 Å². The van der Waals surface area contributed by atoms with Crippen LogP contribution in [-0.4, -0.2) is 38.8 Å². The number of rotatable bonds is 2. The zero-order chi connectivity index (χ0) is 13.3. The fourth-order valence-corrected chi connectivity index (χ4v) is 3.52. The van der Waals surface area contributed by atoms with E-state index in [1.807, 2.05) is 0 Å². The second-order valence-corrected chi connectivity index (χ2v) is 5.14. The molecule has 0 saturated carbocycles. The van der Waals surface area contributed by atoms with Crippen molar-refractivity contribution < 1.29 is 19.8 Å². The van der Waals surface area contributed by atoms with Crippen molar-refractivity contribution >= 4 is 23.6 Å². The van der Waals surface area contributed by atoms with Crippen molar-refractivity contribution in [3.05, 3.63) is 29.8 Å². The second kappa shape index (κ2) is 4.89. The molecule has 18 heavy (non-hydrogen) atoms. The Morgan fingerprint density at radius 1 is 1.39 bits per heavy atom. The SMILES string of the molecule is CC(=O)N1[C@@H](C(=O)O)CS[C@H]1c1ccccc1O. The molecule has 0 spiro atoms. The lowest BCUT2D eigenvalue weighted by atomic mass is 10.1. The molecule has 2 atom stereocenters. The van der Waals surface area contributed by atoms with Crippen LogP contribution in [0.1, 0.15) is 17.9 Å². The molecule has 96 valence electrons. The van der Waals surface area contributed by atoms with Crippen LogP contribution in [0.5, 0.6) is 5.75 Å². The molecular weight excluding hydrogens is 254 g/mol. The average molecular weight is 267 g/mol. The molecule has 1 aromatic rings. The molecule has 5 nitrogen and oxygen atoms in total. The molecular formula is C12H13NO4S. The first-order chi connectivity index (χ1) is 8.52. The number of para-hydroxylation sites is 1. The Morgan fingerprint density at radius 3 is 2.61 bits per heavy atom. The van der Waals surface area contributed by atoms with Crippen LogP contribution < -0.4 is 0 Å². The Hall–Kier alpha value is -1.69. The number of carboxylic acids is 1. The van der Waals surface area contributed by atoms with Crippen molar-refractivity contribution in [2.45, 2.75) is 18.3 Å². The molecule has 2 N–H and O–H groups in total. The third-order valence-electron chi connectivity index (χ3n) is 2.85. The van der Waals surface area contributed by atoms with E-state index >= 15 is 0 Å². The van der Waals surface area contributed by atoms with Crippen LogP contribution in [-0.2, 0) is 9.59 Å². The highest BCUT2D eigenvalue weighted by atomic mass is 32.2. The normalized spacial score (nSPS) is 23.1. The maximum absolute atomic E-state index is 11.6. The van der Waals surface area contributed by atoms with E-state index in [2.05, 4.69) is 0 Å². The second-order valence-electron chi connectivity index (χ2n) is 4.02. The van der Waals surface area contributed by atoms with Gasteiger partial charge in [-0.1, -0.05) is 18.2 Å². The van der Waals surface area contributed by atoms with E-state index < -0.39 is 17.4 Å². The van der Waals surface area contributed by atoms with Crippen LogP contribution in [0, 0.1) is 0 Å². The summed E-state index contributed by atoms with van der Waals surface area (Å²) >= 11 is 1.35. The highest BCUT2D eigenvalue weighted by molar-refractivity contribution is 7.99. The Labute approximate surface area is 108 Å². The van der Waals surface area contributed by atoms with Gasteiger partial charge in [-0.3, -0.25) is 4.79 Å². The highest BCUT2D eigenvalue weighted by Crippen LogP contribution is 2.44. The molecule has 0 bridgehead atoms. The quantitative estimate of drug-likeness (QED) is 0.847. The number of benzene rings is 1. The Balaban J connectivity index is 2.37. The maximum Gasteiger partial charge on any atom is 0.327 e. The van der Waals surface area contributed by atoms with Crippen molar-refractivity contribution in [1.29, 1.82) is 0 Å². The first-order valence-electron chi connectivity index (χ1n) is 5.43. The van der Waals surface area contributed by atoms with E-state index in [4.69, 9.17) is 5.11 Å². The minimum atomic E-state index is -1.02. The van der Waals surface area contributed by atoms with Gasteiger partial charge >= 0.3 is 5.97 Å². The smallest absolute Gasteiger partial charge is 0.327 e. The summed E-state index contributed by atoms with van der Waals surface area (Å²) in [5.74, 6) is -0.919. The number of hydrogen-bond acceptors (Lipinski definition) is 4. The number of thioether (sulfide) groups is 1. The highest BCUT2D eigenvalue weighted by Gasteiger charge is 2.41. The molecule has 6 heteroatoms. The van der Waals surface area contributed by atoms with E-state index in [0.29, 0.717) is 11.3 Å². The molecule has 0 aromatic heterocycles. The summed E-state index contributed by atoms with van der Waals surface area (Å²) < 4.78 is 0. The molecule has 1 amide bonds. The number of amides is 1. The third kappa shape index (κ3) is 2.15. The monoisotopic (exact) mass is 267 g/mol. The minimum absolute atomic E-state index is 0.0762. The zero-order valence-electron chi connectivity index (χ0n) is 9.74. The summed E-state index contributed by atoms with van der Waals surface area (Å²) in [7, 11) is 0. The predicted octanol–water partition coefficient (Wildman–Crippen LogP) is 1.44. The summed E-state index contributed by atoms with van der Waals surface area (Å²) in [4.78, 5) is 24.0. The standard InChI is InChI=1S/C12H13NO4S/c1-7(14)13-9(12(16)17)6-18-11(13)8-4-2-3-5-10(8)15/h2-5,9,11,15H,6H2,1H3,(H,16,17)/t9-,11+/m1/s1. The van der Waals surface area contributed by atoms with E-state index in [9.17, 15) is 14.7 Å².